The molecule has 0 aromatic heterocycles. The topological polar surface area (TPSA) is 51.2 Å². The SMILES string of the molecule is COc1ccc2c3c1O[C@@H]1[C@]34CCN(CC3CC3)[C@H](C2)[C@@]42C=C(C(=O)N(C)Cc3c(F)cccc3F)[C@]1(OC)CC2. The molecule has 2 aromatic rings. The van der Waals surface area contributed by atoms with Crippen LogP contribution in [0, 0.1) is 23.0 Å². The van der Waals surface area contributed by atoms with Gasteiger partial charge in [-0.15, -0.1) is 0 Å². The standard InChI is InChI=1S/C33H36F2N2O4/c1-36(18-21-23(34)5-4-6-24(21)35)29(38)22-16-31-11-12-33(22,40-3)30-32(31)13-14-37(17-19-7-8-19)26(31)15-20-9-10-25(39-2)28(41-30)27(20)32/h4-6,9-10,16,19,26,30H,7-8,11-15,17-18H2,1-3H3/t26-,30-,31-,32+,33-/m1/s1. The first kappa shape index (κ1) is 25.7. The lowest BCUT2D eigenvalue weighted by molar-refractivity contribution is -0.198. The Bertz CT molecular complexity index is 1490. The number of carbonyl (C=O) groups excluding carboxylic acids is 1. The van der Waals surface area contributed by atoms with Crippen molar-refractivity contribution in [3.05, 3.63) is 70.3 Å². The van der Waals surface area contributed by atoms with E-state index in [1.165, 1.54) is 47.1 Å². The fraction of sp³-hybridized carbons (Fsp3) is 0.545. The highest BCUT2D eigenvalue weighted by atomic mass is 19.1. The Morgan fingerprint density at radius 3 is 2.61 bits per heavy atom. The van der Waals surface area contributed by atoms with Crippen LogP contribution >= 0.6 is 0 Å². The number of likely N-dealkylation sites (tertiary alicyclic amines) is 1. The molecule has 216 valence electrons. The van der Waals surface area contributed by atoms with Crippen LogP contribution < -0.4 is 9.47 Å². The van der Waals surface area contributed by atoms with Gasteiger partial charge in [-0.1, -0.05) is 18.2 Å². The van der Waals surface area contributed by atoms with Gasteiger partial charge in [0.2, 0.25) is 0 Å². The number of methoxy groups -OCH3 is 2. The molecule has 7 aliphatic rings. The number of likely N-dealkylation sites (N-methyl/N-ethyl adjacent to an activating group) is 1. The van der Waals surface area contributed by atoms with Crippen molar-refractivity contribution in [1.82, 2.24) is 9.80 Å². The van der Waals surface area contributed by atoms with Gasteiger partial charge in [0, 0.05) is 48.9 Å². The van der Waals surface area contributed by atoms with E-state index in [4.69, 9.17) is 14.2 Å². The fourth-order valence-electron chi connectivity index (χ4n) is 9.44. The molecule has 1 amide bonds. The molecule has 2 spiro atoms. The van der Waals surface area contributed by atoms with Crippen LogP contribution in [0.5, 0.6) is 11.5 Å². The van der Waals surface area contributed by atoms with Gasteiger partial charge in [-0.25, -0.2) is 8.78 Å². The van der Waals surface area contributed by atoms with E-state index in [1.807, 2.05) is 6.07 Å². The summed E-state index contributed by atoms with van der Waals surface area (Å²) in [5, 5.41) is 0. The molecule has 0 N–H and O–H groups in total. The number of rotatable bonds is 7. The first-order valence-electron chi connectivity index (χ1n) is 14.9. The Balaban J connectivity index is 1.29. The minimum Gasteiger partial charge on any atom is -0.493 e. The van der Waals surface area contributed by atoms with Gasteiger partial charge in [0.05, 0.1) is 19.1 Å². The van der Waals surface area contributed by atoms with Crippen molar-refractivity contribution < 1.29 is 27.8 Å². The number of amides is 1. The minimum atomic E-state index is -0.983. The summed E-state index contributed by atoms with van der Waals surface area (Å²) >= 11 is 0. The number of carbonyl (C=O) groups is 1. The van der Waals surface area contributed by atoms with Crippen molar-refractivity contribution in [3.63, 3.8) is 0 Å². The fourth-order valence-corrected chi connectivity index (χ4v) is 9.44. The monoisotopic (exact) mass is 562 g/mol. The highest BCUT2D eigenvalue weighted by Gasteiger charge is 2.79. The molecule has 4 bridgehead atoms. The van der Waals surface area contributed by atoms with Gasteiger partial charge in [-0.3, -0.25) is 9.69 Å². The number of halogens is 2. The smallest absolute Gasteiger partial charge is 0.252 e. The Morgan fingerprint density at radius 2 is 1.90 bits per heavy atom. The van der Waals surface area contributed by atoms with Gasteiger partial charge in [0.1, 0.15) is 23.3 Å². The lowest BCUT2D eigenvalue weighted by atomic mass is 9.37. The van der Waals surface area contributed by atoms with Crippen LogP contribution in [-0.4, -0.2) is 67.8 Å². The molecule has 41 heavy (non-hydrogen) atoms. The quantitative estimate of drug-likeness (QED) is 0.487. The number of benzene rings is 2. The van der Waals surface area contributed by atoms with Crippen LogP contribution in [0.25, 0.3) is 0 Å². The summed E-state index contributed by atoms with van der Waals surface area (Å²) in [4.78, 5) is 18.5. The highest BCUT2D eigenvalue weighted by molar-refractivity contribution is 5.97. The number of nitrogens with zero attached hydrogens (tertiary/aromatic N) is 2. The maximum atomic E-state index is 14.6. The summed E-state index contributed by atoms with van der Waals surface area (Å²) in [5.41, 5.74) is 1.37. The van der Waals surface area contributed by atoms with Crippen molar-refractivity contribution in [2.75, 3.05) is 34.4 Å². The predicted octanol–water partition coefficient (Wildman–Crippen LogP) is 4.78. The molecule has 2 saturated carbocycles. The van der Waals surface area contributed by atoms with Gasteiger partial charge >= 0.3 is 0 Å². The molecule has 2 aromatic carbocycles. The minimum absolute atomic E-state index is 0.116. The van der Waals surface area contributed by atoms with Crippen molar-refractivity contribution in [2.24, 2.45) is 11.3 Å². The molecule has 6 nitrogen and oxygen atoms in total. The highest BCUT2D eigenvalue weighted by Crippen LogP contribution is 2.75. The third-order valence-corrected chi connectivity index (χ3v) is 11.4. The summed E-state index contributed by atoms with van der Waals surface area (Å²) in [6, 6.07) is 8.25. The maximum absolute atomic E-state index is 14.6. The van der Waals surface area contributed by atoms with E-state index in [9.17, 15) is 13.6 Å². The molecular weight excluding hydrogens is 526 g/mol. The Labute approximate surface area is 239 Å². The van der Waals surface area contributed by atoms with E-state index in [0.29, 0.717) is 17.7 Å². The van der Waals surface area contributed by atoms with Crippen molar-refractivity contribution in [1.29, 1.82) is 0 Å². The van der Waals surface area contributed by atoms with Gasteiger partial charge in [0.25, 0.3) is 5.91 Å². The molecule has 2 aliphatic heterocycles. The second kappa shape index (κ2) is 8.54. The van der Waals surface area contributed by atoms with Gasteiger partial charge in [-0.2, -0.15) is 0 Å². The number of fused-ring (bicyclic) bond motifs is 1. The van der Waals surface area contributed by atoms with Crippen LogP contribution in [0.3, 0.4) is 0 Å². The van der Waals surface area contributed by atoms with Crippen molar-refractivity contribution in [3.8, 4) is 11.5 Å². The molecule has 9 rings (SSSR count). The molecule has 5 atom stereocenters. The van der Waals surface area contributed by atoms with E-state index in [1.54, 1.807) is 21.3 Å². The van der Waals surface area contributed by atoms with Crippen LogP contribution in [0.1, 0.15) is 48.8 Å². The Kier molecular flexibility index (Phi) is 5.36. The summed E-state index contributed by atoms with van der Waals surface area (Å²) < 4.78 is 48.4. The molecule has 8 heteroatoms. The average Bonchev–Trinajstić information content (AvgIpc) is 3.72. The van der Waals surface area contributed by atoms with Crippen molar-refractivity contribution >= 4 is 5.91 Å². The van der Waals surface area contributed by atoms with Gasteiger partial charge < -0.3 is 19.1 Å². The van der Waals surface area contributed by atoms with E-state index in [-0.39, 0.29) is 34.9 Å². The first-order chi connectivity index (χ1) is 19.8. The van der Waals surface area contributed by atoms with E-state index in [0.717, 1.165) is 44.0 Å². The number of piperidine rings is 1. The zero-order chi connectivity index (χ0) is 28.3. The number of ether oxygens (including phenoxy) is 3. The predicted molar refractivity (Wildman–Crippen MR) is 148 cm³/mol. The lowest BCUT2D eigenvalue weighted by Gasteiger charge is -2.70. The molecular formula is C33H36F2N2O4. The maximum Gasteiger partial charge on any atom is 0.252 e. The van der Waals surface area contributed by atoms with Crippen LogP contribution in [-0.2, 0) is 27.9 Å². The molecule has 5 aliphatic carbocycles. The summed E-state index contributed by atoms with van der Waals surface area (Å²) in [6.07, 6.45) is 7.77. The van der Waals surface area contributed by atoms with Crippen LogP contribution in [0.2, 0.25) is 0 Å². The van der Waals surface area contributed by atoms with Gasteiger partial charge in [0.15, 0.2) is 11.5 Å². The summed E-state index contributed by atoms with van der Waals surface area (Å²) in [7, 11) is 4.95. The second-order valence-electron chi connectivity index (χ2n) is 13.1. The third-order valence-electron chi connectivity index (χ3n) is 11.4. The zero-order valence-corrected chi connectivity index (χ0v) is 23.8. The number of hydrogen-bond acceptors (Lipinski definition) is 5. The normalized spacial score (nSPS) is 34.1. The summed E-state index contributed by atoms with van der Waals surface area (Å²) in [5.74, 6) is 0.672. The number of hydrogen-bond donors (Lipinski definition) is 0. The first-order valence-corrected chi connectivity index (χ1v) is 14.9. The Morgan fingerprint density at radius 1 is 1.12 bits per heavy atom. The molecule has 0 radical (unpaired) electrons. The van der Waals surface area contributed by atoms with Crippen LogP contribution in [0.15, 0.2) is 42.0 Å². The van der Waals surface area contributed by atoms with Crippen molar-refractivity contribution in [2.45, 2.75) is 68.2 Å². The van der Waals surface area contributed by atoms with E-state index >= 15 is 0 Å². The van der Waals surface area contributed by atoms with E-state index in [2.05, 4.69) is 17.0 Å². The van der Waals surface area contributed by atoms with E-state index < -0.39 is 23.3 Å². The Hall–Kier alpha value is -2.97. The largest absolute Gasteiger partial charge is 0.493 e. The second-order valence-corrected chi connectivity index (χ2v) is 13.1. The average molecular weight is 563 g/mol. The zero-order valence-electron chi connectivity index (χ0n) is 23.8. The molecule has 1 saturated heterocycles. The molecule has 3 fully saturated rings. The molecule has 2 heterocycles. The molecule has 0 unspecified atom stereocenters. The third kappa shape index (κ3) is 3.10. The summed E-state index contributed by atoms with van der Waals surface area (Å²) in [6.45, 7) is 1.90. The lowest BCUT2D eigenvalue weighted by Crippen LogP contribution is -2.78. The van der Waals surface area contributed by atoms with Crippen LogP contribution in [0.4, 0.5) is 8.78 Å². The van der Waals surface area contributed by atoms with Gasteiger partial charge in [-0.05, 0) is 74.8 Å².